The molecule has 2 atom stereocenters. The van der Waals surface area contributed by atoms with E-state index < -0.39 is 12.3 Å². The number of rotatable bonds is 3. The first kappa shape index (κ1) is 17.1. The number of hydrogen-bond donors (Lipinski definition) is 0. The van der Waals surface area contributed by atoms with Crippen LogP contribution in [0.3, 0.4) is 0 Å². The molecular weight excluding hydrogens is 479 g/mol. The molecule has 0 aromatic carbocycles. The molecule has 1 saturated heterocycles. The summed E-state index contributed by atoms with van der Waals surface area (Å²) in [6, 6.07) is 3.91. The Bertz CT molecular complexity index is 946. The summed E-state index contributed by atoms with van der Waals surface area (Å²) in [6.07, 6.45) is -0.295. The van der Waals surface area contributed by atoms with Crippen LogP contribution in [0.1, 0.15) is 19.6 Å². The lowest BCUT2D eigenvalue weighted by Crippen LogP contribution is -2.25. The average molecular weight is 491 g/mol. The van der Waals surface area contributed by atoms with Crippen LogP contribution in [0.4, 0.5) is 0 Å². The van der Waals surface area contributed by atoms with E-state index in [1.807, 2.05) is 44.7 Å². The molecule has 0 saturated carbocycles. The summed E-state index contributed by atoms with van der Waals surface area (Å²) in [4.78, 5) is 25.7. The van der Waals surface area contributed by atoms with E-state index in [1.165, 1.54) is 6.92 Å². The summed E-state index contributed by atoms with van der Waals surface area (Å²) in [5, 5.41) is 2.25. The highest BCUT2D eigenvalue weighted by Crippen LogP contribution is 2.37. The number of hydrogen-bond acceptors (Lipinski definition) is 7. The molecule has 1 fully saturated rings. The van der Waals surface area contributed by atoms with E-state index in [9.17, 15) is 4.79 Å². The molecule has 0 amide bonds. The van der Waals surface area contributed by atoms with Gasteiger partial charge in [0, 0.05) is 35.9 Å². The molecule has 0 bridgehead atoms. The first-order chi connectivity index (χ1) is 12.0. The SMILES string of the molecule is CC(=O)O[C@@H]1CCO[C@H]1n1c(-c2cccs2)nc2c(Cl)nc(I)nc21. The van der Waals surface area contributed by atoms with Crippen LogP contribution in [0, 0.1) is 3.83 Å². The van der Waals surface area contributed by atoms with Crippen molar-refractivity contribution in [2.45, 2.75) is 25.7 Å². The minimum absolute atomic E-state index is 0.285. The molecule has 0 spiro atoms. The Balaban J connectivity index is 1.94. The maximum Gasteiger partial charge on any atom is 0.303 e. The highest BCUT2D eigenvalue weighted by molar-refractivity contribution is 14.1. The average Bonchev–Trinajstić information content (AvgIpc) is 3.24. The monoisotopic (exact) mass is 490 g/mol. The number of nitrogens with zero attached hydrogens (tertiary/aromatic N) is 4. The molecule has 3 aromatic rings. The van der Waals surface area contributed by atoms with Gasteiger partial charge in [-0.2, -0.15) is 0 Å². The second-order valence-electron chi connectivity index (χ2n) is 5.44. The van der Waals surface area contributed by atoms with Crippen molar-refractivity contribution in [3.8, 4) is 10.7 Å². The van der Waals surface area contributed by atoms with Gasteiger partial charge in [0.15, 0.2) is 26.7 Å². The van der Waals surface area contributed by atoms with Crippen LogP contribution in [0.2, 0.25) is 5.15 Å². The Morgan fingerprint density at radius 2 is 2.32 bits per heavy atom. The zero-order valence-corrected chi connectivity index (χ0v) is 16.7. The van der Waals surface area contributed by atoms with Crippen LogP contribution >= 0.6 is 45.5 Å². The summed E-state index contributed by atoms with van der Waals surface area (Å²) < 4.78 is 13.7. The Morgan fingerprint density at radius 3 is 3.04 bits per heavy atom. The molecule has 1 aliphatic rings. The number of halogens is 2. The van der Waals surface area contributed by atoms with Crippen molar-refractivity contribution in [2.24, 2.45) is 0 Å². The number of aromatic nitrogens is 4. The summed E-state index contributed by atoms with van der Waals surface area (Å²) in [6.45, 7) is 1.88. The third-order valence-corrected chi connectivity index (χ3v) is 5.40. The first-order valence-electron chi connectivity index (χ1n) is 7.48. The predicted octanol–water partition coefficient (Wildman–Crippen LogP) is 3.66. The normalized spacial score (nSPS) is 20.3. The zero-order chi connectivity index (χ0) is 17.6. The molecule has 0 aliphatic carbocycles. The lowest BCUT2D eigenvalue weighted by Gasteiger charge is -2.21. The summed E-state index contributed by atoms with van der Waals surface area (Å²) in [7, 11) is 0. The van der Waals surface area contributed by atoms with Gasteiger partial charge in [-0.25, -0.2) is 15.0 Å². The number of thiophene rings is 1. The lowest BCUT2D eigenvalue weighted by molar-refractivity contribution is -0.151. The molecule has 4 heterocycles. The third-order valence-electron chi connectivity index (χ3n) is 3.79. The number of esters is 1. The summed E-state index contributed by atoms with van der Waals surface area (Å²) >= 11 is 9.84. The molecular formula is C15H12ClIN4O3S. The van der Waals surface area contributed by atoms with Gasteiger partial charge in [0.25, 0.3) is 0 Å². The molecule has 4 rings (SSSR count). The van der Waals surface area contributed by atoms with Gasteiger partial charge in [-0.3, -0.25) is 9.36 Å². The van der Waals surface area contributed by atoms with Gasteiger partial charge in [-0.1, -0.05) is 17.7 Å². The van der Waals surface area contributed by atoms with Gasteiger partial charge >= 0.3 is 5.97 Å². The van der Waals surface area contributed by atoms with Crippen molar-refractivity contribution in [1.82, 2.24) is 19.5 Å². The fourth-order valence-electron chi connectivity index (χ4n) is 2.86. The largest absolute Gasteiger partial charge is 0.458 e. The van der Waals surface area contributed by atoms with Crippen LogP contribution in [0.5, 0.6) is 0 Å². The molecule has 25 heavy (non-hydrogen) atoms. The number of carbonyl (C=O) groups is 1. The highest BCUT2D eigenvalue weighted by atomic mass is 127. The molecule has 7 nitrogen and oxygen atoms in total. The van der Waals surface area contributed by atoms with Crippen molar-refractivity contribution in [3.05, 3.63) is 26.5 Å². The van der Waals surface area contributed by atoms with Crippen molar-refractivity contribution < 1.29 is 14.3 Å². The fraction of sp³-hybridized carbons (Fsp3) is 0.333. The van der Waals surface area contributed by atoms with Gasteiger partial charge < -0.3 is 9.47 Å². The van der Waals surface area contributed by atoms with Crippen LogP contribution in [-0.2, 0) is 14.3 Å². The van der Waals surface area contributed by atoms with Crippen LogP contribution in [0.15, 0.2) is 17.5 Å². The van der Waals surface area contributed by atoms with E-state index in [1.54, 1.807) is 11.3 Å². The number of imidazole rings is 1. The maximum atomic E-state index is 11.5. The third kappa shape index (κ3) is 3.14. The highest BCUT2D eigenvalue weighted by Gasteiger charge is 2.36. The van der Waals surface area contributed by atoms with Crippen molar-refractivity contribution in [1.29, 1.82) is 0 Å². The quantitative estimate of drug-likeness (QED) is 0.241. The fourth-order valence-corrected chi connectivity index (χ4v) is 4.39. The van der Waals surface area contributed by atoms with Crippen LogP contribution < -0.4 is 0 Å². The minimum Gasteiger partial charge on any atom is -0.458 e. The van der Waals surface area contributed by atoms with E-state index in [-0.39, 0.29) is 11.1 Å². The van der Waals surface area contributed by atoms with Gasteiger partial charge in [-0.05, 0) is 11.4 Å². The maximum absolute atomic E-state index is 11.5. The van der Waals surface area contributed by atoms with Gasteiger partial charge in [0.1, 0.15) is 11.6 Å². The molecule has 3 aromatic heterocycles. The Hall–Kier alpha value is -1.30. The standard InChI is InChI=1S/C15H12ClIN4O3S/c1-7(22)24-8-4-5-23-14(8)21-12(9-3-2-6-25-9)18-10-11(16)19-15(17)20-13(10)21/h2-3,6,8,14H,4-5H2,1H3/t8-,14-/m1/s1. The van der Waals surface area contributed by atoms with Crippen molar-refractivity contribution in [3.63, 3.8) is 0 Å². The van der Waals surface area contributed by atoms with Crippen molar-refractivity contribution in [2.75, 3.05) is 6.61 Å². The molecule has 0 radical (unpaired) electrons. The number of ether oxygens (including phenoxy) is 2. The molecule has 10 heteroatoms. The topological polar surface area (TPSA) is 79.1 Å². The van der Waals surface area contributed by atoms with E-state index in [0.29, 0.717) is 33.8 Å². The lowest BCUT2D eigenvalue weighted by atomic mass is 10.2. The number of carbonyl (C=O) groups excluding carboxylic acids is 1. The Kier molecular flexibility index (Phi) is 4.65. The second kappa shape index (κ2) is 6.78. The molecule has 1 aliphatic heterocycles. The van der Waals surface area contributed by atoms with Crippen LogP contribution in [0.25, 0.3) is 21.9 Å². The Morgan fingerprint density at radius 1 is 1.48 bits per heavy atom. The smallest absolute Gasteiger partial charge is 0.303 e. The number of fused-ring (bicyclic) bond motifs is 1. The minimum atomic E-state index is -0.507. The molecule has 0 N–H and O–H groups in total. The van der Waals surface area contributed by atoms with E-state index in [4.69, 9.17) is 21.1 Å². The van der Waals surface area contributed by atoms with E-state index in [0.717, 1.165) is 4.88 Å². The predicted molar refractivity (Wildman–Crippen MR) is 102 cm³/mol. The van der Waals surface area contributed by atoms with Gasteiger partial charge in [-0.15, -0.1) is 11.3 Å². The summed E-state index contributed by atoms with van der Waals surface area (Å²) in [5.41, 5.74) is 1.07. The second-order valence-corrected chi connectivity index (χ2v) is 7.71. The summed E-state index contributed by atoms with van der Waals surface area (Å²) in [5.74, 6) is 0.331. The molecule has 0 unspecified atom stereocenters. The molecule has 130 valence electrons. The van der Waals surface area contributed by atoms with E-state index >= 15 is 0 Å². The zero-order valence-electron chi connectivity index (χ0n) is 13.0. The van der Waals surface area contributed by atoms with Crippen molar-refractivity contribution >= 4 is 62.7 Å². The van der Waals surface area contributed by atoms with Gasteiger partial charge in [0.05, 0.1) is 11.5 Å². The first-order valence-corrected chi connectivity index (χ1v) is 9.82. The Labute approximate surface area is 165 Å². The van der Waals surface area contributed by atoms with E-state index in [2.05, 4.69) is 15.0 Å². The van der Waals surface area contributed by atoms with Gasteiger partial charge in [0.2, 0.25) is 0 Å². The van der Waals surface area contributed by atoms with Crippen LogP contribution in [-0.4, -0.2) is 38.2 Å².